The van der Waals surface area contributed by atoms with Crippen molar-refractivity contribution in [2.24, 2.45) is 0 Å². The number of amides is 2. The molecule has 31 heavy (non-hydrogen) atoms. The van der Waals surface area contributed by atoms with Crippen LogP contribution in [0.15, 0.2) is 72.8 Å². The van der Waals surface area contributed by atoms with Gasteiger partial charge in [-0.05, 0) is 42.0 Å². The van der Waals surface area contributed by atoms with Gasteiger partial charge in [-0.25, -0.2) is 14.2 Å². The molecule has 0 saturated heterocycles. The Morgan fingerprint density at radius 3 is 2.55 bits per heavy atom. The standard InChI is InChI=1S/C24H23FN4O2/c1-31-18-12-10-17(11-13-18)16-29(24(30)28-20-7-3-2-6-19(20)25)15-14-23-26-21-8-4-5-9-22(21)27-23/h2-13H,14-16H2,1H3,(H,26,27)(H,28,30). The van der Waals surface area contributed by atoms with Crippen LogP contribution < -0.4 is 10.1 Å². The highest BCUT2D eigenvalue weighted by molar-refractivity contribution is 5.89. The van der Waals surface area contributed by atoms with Crippen LogP contribution in [0.2, 0.25) is 0 Å². The predicted molar refractivity (Wildman–Crippen MR) is 119 cm³/mol. The molecule has 6 nitrogen and oxygen atoms in total. The lowest BCUT2D eigenvalue weighted by molar-refractivity contribution is 0.209. The number of imidazole rings is 1. The van der Waals surface area contributed by atoms with Gasteiger partial charge in [-0.1, -0.05) is 36.4 Å². The molecular formula is C24H23FN4O2. The average Bonchev–Trinajstić information content (AvgIpc) is 3.21. The third kappa shape index (κ3) is 5.01. The quantitative estimate of drug-likeness (QED) is 0.444. The number of hydrogen-bond donors (Lipinski definition) is 2. The molecule has 4 rings (SSSR count). The van der Waals surface area contributed by atoms with E-state index in [1.54, 1.807) is 24.1 Å². The van der Waals surface area contributed by atoms with Crippen LogP contribution in [0.4, 0.5) is 14.9 Å². The molecule has 1 aromatic heterocycles. The molecule has 0 fully saturated rings. The number of rotatable bonds is 7. The van der Waals surface area contributed by atoms with E-state index in [1.165, 1.54) is 12.1 Å². The molecule has 3 aromatic carbocycles. The number of para-hydroxylation sites is 3. The Morgan fingerprint density at radius 1 is 1.06 bits per heavy atom. The van der Waals surface area contributed by atoms with Crippen molar-refractivity contribution in [1.82, 2.24) is 14.9 Å². The molecule has 0 aliphatic carbocycles. The summed E-state index contributed by atoms with van der Waals surface area (Å²) in [6, 6.07) is 21.0. The van der Waals surface area contributed by atoms with Crippen molar-refractivity contribution in [2.75, 3.05) is 19.0 Å². The third-order valence-electron chi connectivity index (χ3n) is 4.99. The molecule has 2 amide bonds. The van der Waals surface area contributed by atoms with Crippen LogP contribution in [0, 0.1) is 5.82 Å². The van der Waals surface area contributed by atoms with E-state index >= 15 is 0 Å². The van der Waals surface area contributed by atoms with Gasteiger partial charge in [-0.15, -0.1) is 0 Å². The second kappa shape index (κ2) is 9.30. The Bertz CT molecular complexity index is 1140. The van der Waals surface area contributed by atoms with Crippen molar-refractivity contribution < 1.29 is 13.9 Å². The zero-order valence-electron chi connectivity index (χ0n) is 17.1. The Hall–Kier alpha value is -3.87. The van der Waals surface area contributed by atoms with Crippen LogP contribution in [0.25, 0.3) is 11.0 Å². The maximum absolute atomic E-state index is 14.0. The van der Waals surface area contributed by atoms with Crippen LogP contribution in [0.1, 0.15) is 11.4 Å². The van der Waals surface area contributed by atoms with E-state index in [9.17, 15) is 9.18 Å². The molecule has 0 saturated carbocycles. The SMILES string of the molecule is COc1ccc(CN(CCc2nc3ccccc3[nH]2)C(=O)Nc2ccccc2F)cc1. The minimum Gasteiger partial charge on any atom is -0.497 e. The van der Waals surface area contributed by atoms with Gasteiger partial charge in [0.1, 0.15) is 17.4 Å². The number of ether oxygens (including phenoxy) is 1. The van der Waals surface area contributed by atoms with Crippen LogP contribution >= 0.6 is 0 Å². The van der Waals surface area contributed by atoms with Gasteiger partial charge in [-0.3, -0.25) is 0 Å². The lowest BCUT2D eigenvalue weighted by Gasteiger charge is -2.23. The van der Waals surface area contributed by atoms with Crippen molar-refractivity contribution in [3.8, 4) is 5.75 Å². The first kappa shape index (κ1) is 20.4. The Balaban J connectivity index is 1.51. The number of fused-ring (bicyclic) bond motifs is 1. The average molecular weight is 418 g/mol. The number of benzene rings is 3. The summed E-state index contributed by atoms with van der Waals surface area (Å²) >= 11 is 0. The third-order valence-corrected chi connectivity index (χ3v) is 4.99. The number of carbonyl (C=O) groups excluding carboxylic acids is 1. The predicted octanol–water partition coefficient (Wildman–Crippen LogP) is 4.99. The highest BCUT2D eigenvalue weighted by Crippen LogP contribution is 2.17. The fourth-order valence-electron chi connectivity index (χ4n) is 3.33. The number of nitrogens with one attached hydrogen (secondary N) is 2. The van der Waals surface area contributed by atoms with Gasteiger partial charge in [0.2, 0.25) is 0 Å². The van der Waals surface area contributed by atoms with Crippen LogP contribution in [-0.2, 0) is 13.0 Å². The summed E-state index contributed by atoms with van der Waals surface area (Å²) in [5, 5.41) is 2.67. The topological polar surface area (TPSA) is 70.2 Å². The maximum Gasteiger partial charge on any atom is 0.322 e. The number of H-pyrrole nitrogens is 1. The number of carbonyl (C=O) groups is 1. The van der Waals surface area contributed by atoms with E-state index in [4.69, 9.17) is 4.74 Å². The summed E-state index contributed by atoms with van der Waals surface area (Å²) in [5.41, 5.74) is 2.93. The molecule has 0 aliphatic rings. The minimum atomic E-state index is -0.475. The minimum absolute atomic E-state index is 0.149. The Kier molecular flexibility index (Phi) is 6.12. The number of aromatic nitrogens is 2. The van der Waals surface area contributed by atoms with Gasteiger partial charge in [0.15, 0.2) is 0 Å². The largest absolute Gasteiger partial charge is 0.497 e. The summed E-state index contributed by atoms with van der Waals surface area (Å²) in [4.78, 5) is 22.5. The molecule has 0 unspecified atom stereocenters. The molecule has 0 bridgehead atoms. The van der Waals surface area contributed by atoms with Gasteiger partial charge in [0.05, 0.1) is 23.8 Å². The number of urea groups is 1. The number of anilines is 1. The molecule has 4 aromatic rings. The number of halogens is 1. The molecule has 0 aliphatic heterocycles. The first-order chi connectivity index (χ1) is 15.1. The zero-order valence-corrected chi connectivity index (χ0v) is 17.1. The van der Waals surface area contributed by atoms with Crippen LogP contribution in [0.3, 0.4) is 0 Å². The number of methoxy groups -OCH3 is 1. The zero-order chi connectivity index (χ0) is 21.6. The fourth-order valence-corrected chi connectivity index (χ4v) is 3.33. The van der Waals surface area contributed by atoms with Gasteiger partial charge >= 0.3 is 6.03 Å². The normalized spacial score (nSPS) is 10.8. The van der Waals surface area contributed by atoms with Crippen molar-refractivity contribution in [3.63, 3.8) is 0 Å². The Labute approximate surface area is 179 Å². The smallest absolute Gasteiger partial charge is 0.322 e. The summed E-state index contributed by atoms with van der Waals surface area (Å²) in [5.74, 6) is 1.06. The highest BCUT2D eigenvalue weighted by Gasteiger charge is 2.17. The summed E-state index contributed by atoms with van der Waals surface area (Å²) < 4.78 is 19.2. The van der Waals surface area contributed by atoms with Gasteiger partial charge in [0, 0.05) is 19.5 Å². The number of aromatic amines is 1. The van der Waals surface area contributed by atoms with E-state index in [-0.39, 0.29) is 11.7 Å². The second-order valence-corrected chi connectivity index (χ2v) is 7.13. The molecule has 0 spiro atoms. The lowest BCUT2D eigenvalue weighted by Crippen LogP contribution is -2.36. The molecule has 7 heteroatoms. The summed E-state index contributed by atoms with van der Waals surface area (Å²) in [6.45, 7) is 0.774. The van der Waals surface area contributed by atoms with E-state index in [0.29, 0.717) is 19.5 Å². The van der Waals surface area contributed by atoms with E-state index in [0.717, 1.165) is 28.2 Å². The van der Waals surface area contributed by atoms with E-state index < -0.39 is 5.82 Å². The molecular weight excluding hydrogens is 395 g/mol. The lowest BCUT2D eigenvalue weighted by atomic mass is 10.2. The van der Waals surface area contributed by atoms with Gasteiger partial charge in [0.25, 0.3) is 0 Å². The number of nitrogens with zero attached hydrogens (tertiary/aromatic N) is 2. The molecule has 0 atom stereocenters. The van der Waals surface area contributed by atoms with Gasteiger partial charge in [-0.2, -0.15) is 0 Å². The monoisotopic (exact) mass is 418 g/mol. The first-order valence-corrected chi connectivity index (χ1v) is 9.99. The van der Waals surface area contributed by atoms with Crippen LogP contribution in [0.5, 0.6) is 5.75 Å². The van der Waals surface area contributed by atoms with Crippen molar-refractivity contribution in [1.29, 1.82) is 0 Å². The summed E-state index contributed by atoms with van der Waals surface area (Å²) in [7, 11) is 1.61. The molecule has 158 valence electrons. The number of hydrogen-bond acceptors (Lipinski definition) is 3. The van der Waals surface area contributed by atoms with Gasteiger partial charge < -0.3 is 19.9 Å². The fraction of sp³-hybridized carbons (Fsp3) is 0.167. The molecule has 1 heterocycles. The van der Waals surface area contributed by atoms with Crippen molar-refractivity contribution >= 4 is 22.8 Å². The van der Waals surface area contributed by atoms with E-state index in [2.05, 4.69) is 15.3 Å². The summed E-state index contributed by atoms with van der Waals surface area (Å²) in [6.07, 6.45) is 0.537. The first-order valence-electron chi connectivity index (χ1n) is 9.99. The second-order valence-electron chi connectivity index (χ2n) is 7.13. The van der Waals surface area contributed by atoms with E-state index in [1.807, 2.05) is 48.5 Å². The molecule has 2 N–H and O–H groups in total. The van der Waals surface area contributed by atoms with Crippen LogP contribution in [-0.4, -0.2) is 34.6 Å². The maximum atomic E-state index is 14.0. The van der Waals surface area contributed by atoms with Crippen molar-refractivity contribution in [3.05, 3.63) is 90.0 Å². The highest BCUT2D eigenvalue weighted by atomic mass is 19.1. The van der Waals surface area contributed by atoms with Crippen molar-refractivity contribution in [2.45, 2.75) is 13.0 Å². The Morgan fingerprint density at radius 2 is 1.81 bits per heavy atom. The molecule has 0 radical (unpaired) electrons.